The third kappa shape index (κ3) is 3.11. The molecule has 0 aliphatic carbocycles. The van der Waals surface area contributed by atoms with E-state index in [2.05, 4.69) is 39.5 Å². The second-order valence-corrected chi connectivity index (χ2v) is 7.98. The van der Waals surface area contributed by atoms with Crippen LogP contribution < -0.4 is 4.90 Å². The molecule has 0 spiro atoms. The highest BCUT2D eigenvalue weighted by Gasteiger charge is 2.33. The summed E-state index contributed by atoms with van der Waals surface area (Å²) in [5.41, 5.74) is 1.44. The Labute approximate surface area is 120 Å². The Bertz CT molecular complexity index is 434. The van der Waals surface area contributed by atoms with Gasteiger partial charge in [-0.25, -0.2) is 4.98 Å². The highest BCUT2D eigenvalue weighted by Crippen LogP contribution is 2.38. The van der Waals surface area contributed by atoms with Crippen molar-refractivity contribution in [2.24, 2.45) is 11.3 Å². The van der Waals surface area contributed by atoms with Crippen LogP contribution in [0.3, 0.4) is 0 Å². The van der Waals surface area contributed by atoms with Crippen LogP contribution in [0.5, 0.6) is 0 Å². The molecule has 0 aromatic carbocycles. The third-order valence-corrected chi connectivity index (χ3v) is 5.21. The van der Waals surface area contributed by atoms with Crippen LogP contribution in [-0.4, -0.2) is 23.2 Å². The summed E-state index contributed by atoms with van der Waals surface area (Å²) < 4.78 is 0. The Morgan fingerprint density at radius 2 is 2.11 bits per heavy atom. The van der Waals surface area contributed by atoms with Crippen LogP contribution in [0.4, 0.5) is 5.13 Å². The van der Waals surface area contributed by atoms with Gasteiger partial charge in [0.1, 0.15) is 0 Å². The summed E-state index contributed by atoms with van der Waals surface area (Å²) in [4.78, 5) is 8.19. The van der Waals surface area contributed by atoms with Crippen molar-refractivity contribution in [3.63, 3.8) is 0 Å². The minimum Gasteiger partial charge on any atom is -0.391 e. The second-order valence-electron chi connectivity index (χ2n) is 6.92. The highest BCUT2D eigenvalue weighted by molar-refractivity contribution is 7.15. The molecule has 1 unspecified atom stereocenters. The maximum Gasteiger partial charge on any atom is 0.185 e. The monoisotopic (exact) mass is 282 g/mol. The fourth-order valence-electron chi connectivity index (χ4n) is 2.69. The van der Waals surface area contributed by atoms with E-state index in [1.807, 2.05) is 0 Å². The summed E-state index contributed by atoms with van der Waals surface area (Å²) in [5.74, 6) is 1.12. The van der Waals surface area contributed by atoms with Gasteiger partial charge in [-0.05, 0) is 23.7 Å². The van der Waals surface area contributed by atoms with Gasteiger partial charge in [0.05, 0.1) is 17.2 Å². The van der Waals surface area contributed by atoms with Gasteiger partial charge in [0.2, 0.25) is 0 Å². The first-order chi connectivity index (χ1) is 8.82. The van der Waals surface area contributed by atoms with Gasteiger partial charge in [-0.3, -0.25) is 0 Å². The summed E-state index contributed by atoms with van der Waals surface area (Å²) in [5, 5.41) is 10.6. The number of rotatable bonds is 3. The quantitative estimate of drug-likeness (QED) is 0.919. The molecule has 0 radical (unpaired) electrons. The summed E-state index contributed by atoms with van der Waals surface area (Å²) in [6.45, 7) is 13.5. The number of hydrogen-bond donors (Lipinski definition) is 1. The van der Waals surface area contributed by atoms with Crippen molar-refractivity contribution in [1.82, 2.24) is 4.98 Å². The van der Waals surface area contributed by atoms with E-state index in [0.29, 0.717) is 11.3 Å². The number of nitrogens with zero attached hydrogens (tertiary/aromatic N) is 2. The van der Waals surface area contributed by atoms with Crippen molar-refractivity contribution < 1.29 is 5.11 Å². The molecule has 2 rings (SSSR count). The molecule has 1 aliphatic rings. The van der Waals surface area contributed by atoms with Crippen molar-refractivity contribution in [3.05, 3.63) is 10.6 Å². The van der Waals surface area contributed by atoms with Crippen LogP contribution in [0.15, 0.2) is 0 Å². The standard InChI is InChI=1S/C15H26N2OS/c1-10(2)13-12(9-18)19-14(16-13)17-7-6-11(8-17)15(3,4)5/h10-11,18H,6-9H2,1-5H3. The van der Waals surface area contributed by atoms with Gasteiger partial charge in [0, 0.05) is 13.1 Å². The lowest BCUT2D eigenvalue weighted by Crippen LogP contribution is -2.25. The zero-order chi connectivity index (χ0) is 14.2. The lowest BCUT2D eigenvalue weighted by molar-refractivity contribution is 0.263. The van der Waals surface area contributed by atoms with E-state index in [1.165, 1.54) is 6.42 Å². The minimum atomic E-state index is 0.113. The first-order valence-electron chi connectivity index (χ1n) is 7.18. The fraction of sp³-hybridized carbons (Fsp3) is 0.800. The molecule has 1 aromatic rings. The molecule has 0 bridgehead atoms. The number of aromatic nitrogens is 1. The van der Waals surface area contributed by atoms with Crippen molar-refractivity contribution in [2.45, 2.75) is 53.6 Å². The molecular weight excluding hydrogens is 256 g/mol. The third-order valence-electron chi connectivity index (χ3n) is 4.09. The summed E-state index contributed by atoms with van der Waals surface area (Å²) in [6.07, 6.45) is 1.24. The number of thiazole rings is 1. The van der Waals surface area contributed by atoms with Crippen LogP contribution >= 0.6 is 11.3 Å². The molecule has 1 atom stereocenters. The highest BCUT2D eigenvalue weighted by atomic mass is 32.1. The number of aliphatic hydroxyl groups is 1. The van der Waals surface area contributed by atoms with Crippen molar-refractivity contribution >= 4 is 16.5 Å². The summed E-state index contributed by atoms with van der Waals surface area (Å²) >= 11 is 1.66. The van der Waals surface area contributed by atoms with Gasteiger partial charge < -0.3 is 10.0 Å². The molecule has 1 aromatic heterocycles. The maximum absolute atomic E-state index is 9.46. The first kappa shape index (κ1) is 14.8. The Morgan fingerprint density at radius 1 is 1.42 bits per heavy atom. The van der Waals surface area contributed by atoms with Crippen LogP contribution in [0.2, 0.25) is 0 Å². The zero-order valence-corrected chi connectivity index (χ0v) is 13.5. The largest absolute Gasteiger partial charge is 0.391 e. The lowest BCUT2D eigenvalue weighted by atomic mass is 9.80. The van der Waals surface area contributed by atoms with Crippen LogP contribution in [-0.2, 0) is 6.61 Å². The molecule has 1 aliphatic heterocycles. The average molecular weight is 282 g/mol. The first-order valence-corrected chi connectivity index (χ1v) is 8.00. The topological polar surface area (TPSA) is 36.4 Å². The maximum atomic E-state index is 9.46. The Hall–Kier alpha value is -0.610. The normalized spacial score (nSPS) is 20.6. The zero-order valence-electron chi connectivity index (χ0n) is 12.7. The smallest absolute Gasteiger partial charge is 0.185 e. The molecule has 0 saturated carbocycles. The molecule has 1 saturated heterocycles. The molecule has 3 nitrogen and oxygen atoms in total. The molecule has 0 amide bonds. The predicted molar refractivity (Wildman–Crippen MR) is 81.9 cm³/mol. The Kier molecular flexibility index (Phi) is 4.21. The van der Waals surface area contributed by atoms with Crippen molar-refractivity contribution in [3.8, 4) is 0 Å². The van der Waals surface area contributed by atoms with Gasteiger partial charge in [0.15, 0.2) is 5.13 Å². The lowest BCUT2D eigenvalue weighted by Gasteiger charge is -2.26. The average Bonchev–Trinajstić information content (AvgIpc) is 2.94. The van der Waals surface area contributed by atoms with E-state index in [1.54, 1.807) is 11.3 Å². The van der Waals surface area contributed by atoms with E-state index < -0.39 is 0 Å². The van der Waals surface area contributed by atoms with E-state index >= 15 is 0 Å². The molecule has 1 N–H and O–H groups in total. The SMILES string of the molecule is CC(C)c1nc(N2CCC(C(C)(C)C)C2)sc1CO. The van der Waals surface area contributed by atoms with Crippen molar-refractivity contribution in [2.75, 3.05) is 18.0 Å². The summed E-state index contributed by atoms with van der Waals surface area (Å²) in [7, 11) is 0. The van der Waals surface area contributed by atoms with Gasteiger partial charge in [-0.15, -0.1) is 0 Å². The van der Waals surface area contributed by atoms with Gasteiger partial charge in [-0.2, -0.15) is 0 Å². The molecule has 19 heavy (non-hydrogen) atoms. The van der Waals surface area contributed by atoms with Gasteiger partial charge >= 0.3 is 0 Å². The molecule has 4 heteroatoms. The predicted octanol–water partition coefficient (Wildman–Crippen LogP) is 3.63. The summed E-state index contributed by atoms with van der Waals surface area (Å²) in [6, 6.07) is 0. The van der Waals surface area contributed by atoms with Crippen molar-refractivity contribution in [1.29, 1.82) is 0 Å². The molecule has 2 heterocycles. The van der Waals surface area contributed by atoms with Crippen LogP contribution in [0.1, 0.15) is 57.5 Å². The van der Waals surface area contributed by atoms with Crippen LogP contribution in [0, 0.1) is 11.3 Å². The number of anilines is 1. The van der Waals surface area contributed by atoms with E-state index in [-0.39, 0.29) is 6.61 Å². The number of hydrogen-bond acceptors (Lipinski definition) is 4. The molecule has 1 fully saturated rings. The molecular formula is C15H26N2OS. The fourth-order valence-corrected chi connectivity index (χ4v) is 3.80. The van der Waals surface area contributed by atoms with Gasteiger partial charge in [0.25, 0.3) is 0 Å². The van der Waals surface area contributed by atoms with Crippen LogP contribution in [0.25, 0.3) is 0 Å². The number of aliphatic hydroxyl groups excluding tert-OH is 1. The minimum absolute atomic E-state index is 0.113. The second kappa shape index (κ2) is 5.41. The molecule has 108 valence electrons. The van der Waals surface area contributed by atoms with E-state index in [4.69, 9.17) is 4.98 Å². The van der Waals surface area contributed by atoms with Gasteiger partial charge in [-0.1, -0.05) is 46.0 Å². The Balaban J connectivity index is 2.16. The van der Waals surface area contributed by atoms with E-state index in [0.717, 1.165) is 34.7 Å². The van der Waals surface area contributed by atoms with E-state index in [9.17, 15) is 5.11 Å². The Morgan fingerprint density at radius 3 is 2.53 bits per heavy atom.